The second-order valence-corrected chi connectivity index (χ2v) is 6.39. The molecule has 0 saturated carbocycles. The Bertz CT molecular complexity index is 432. The molecule has 2 saturated heterocycles. The number of nitrogens with zero attached hydrogens (tertiary/aromatic N) is 2. The molecule has 2 unspecified atom stereocenters. The molecule has 3 heterocycles. The molecule has 1 amide bonds. The monoisotopic (exact) mass is 295 g/mol. The third kappa shape index (κ3) is 3.37. The third-order valence-corrected chi connectivity index (χ3v) is 4.94. The van der Waals surface area contributed by atoms with Crippen molar-refractivity contribution in [3.8, 4) is 0 Å². The van der Waals surface area contributed by atoms with E-state index < -0.39 is 0 Å². The molecule has 1 N–H and O–H groups in total. The van der Waals surface area contributed by atoms with Gasteiger partial charge in [0.1, 0.15) is 11.1 Å². The van der Waals surface area contributed by atoms with Crippen LogP contribution in [-0.4, -0.2) is 48.6 Å². The van der Waals surface area contributed by atoms with Crippen LogP contribution >= 0.6 is 11.3 Å². The zero-order chi connectivity index (χ0) is 13.8. The van der Waals surface area contributed by atoms with Gasteiger partial charge in [-0.05, 0) is 31.8 Å². The van der Waals surface area contributed by atoms with Crippen LogP contribution in [0.1, 0.15) is 30.4 Å². The molecule has 3 rings (SSSR count). The number of thiazole rings is 1. The normalized spacial score (nSPS) is 26.9. The Morgan fingerprint density at radius 2 is 2.55 bits per heavy atom. The van der Waals surface area contributed by atoms with Crippen molar-refractivity contribution >= 4 is 17.2 Å². The number of aromatic nitrogens is 1. The first-order valence-corrected chi connectivity index (χ1v) is 8.20. The summed E-state index contributed by atoms with van der Waals surface area (Å²) in [6, 6.07) is 0. The number of morpholine rings is 1. The third-order valence-electron chi connectivity index (χ3n) is 4.07. The summed E-state index contributed by atoms with van der Waals surface area (Å²) in [6.07, 6.45) is 4.62. The van der Waals surface area contributed by atoms with Gasteiger partial charge in [-0.25, -0.2) is 4.98 Å². The highest BCUT2D eigenvalue weighted by atomic mass is 32.1. The molecule has 0 bridgehead atoms. The summed E-state index contributed by atoms with van der Waals surface area (Å²) in [6.45, 7) is 4.14. The Kier molecular flexibility index (Phi) is 4.65. The van der Waals surface area contributed by atoms with Gasteiger partial charge in [-0.15, -0.1) is 11.3 Å². The van der Waals surface area contributed by atoms with Crippen LogP contribution < -0.4 is 5.32 Å². The van der Waals surface area contributed by atoms with Crippen molar-refractivity contribution in [1.29, 1.82) is 0 Å². The number of ether oxygens (including phenoxy) is 1. The van der Waals surface area contributed by atoms with Crippen LogP contribution in [0.25, 0.3) is 0 Å². The molecule has 5 nitrogen and oxygen atoms in total. The number of amides is 1. The number of carbonyl (C=O) groups is 1. The van der Waals surface area contributed by atoms with Crippen molar-refractivity contribution in [3.05, 3.63) is 16.6 Å². The Morgan fingerprint density at radius 1 is 1.60 bits per heavy atom. The van der Waals surface area contributed by atoms with Crippen molar-refractivity contribution in [3.63, 3.8) is 0 Å². The standard InChI is InChI=1S/C14H21N3O2S/c18-13(2-1-11-3-4-15-9-11)17-6-7-19-12(10-17)14-16-5-8-20-14/h5,8,11-12,15H,1-4,6-7,9-10H2. The number of hydrogen-bond acceptors (Lipinski definition) is 5. The number of rotatable bonds is 4. The van der Waals surface area contributed by atoms with E-state index in [4.69, 9.17) is 4.74 Å². The van der Waals surface area contributed by atoms with E-state index in [2.05, 4.69) is 10.3 Å². The van der Waals surface area contributed by atoms with E-state index in [0.29, 0.717) is 32.0 Å². The molecule has 2 aliphatic rings. The highest BCUT2D eigenvalue weighted by Crippen LogP contribution is 2.24. The molecule has 0 aliphatic carbocycles. The van der Waals surface area contributed by atoms with Crippen molar-refractivity contribution in [2.24, 2.45) is 5.92 Å². The highest BCUT2D eigenvalue weighted by Gasteiger charge is 2.27. The van der Waals surface area contributed by atoms with E-state index in [1.165, 1.54) is 6.42 Å². The smallest absolute Gasteiger partial charge is 0.222 e. The summed E-state index contributed by atoms with van der Waals surface area (Å²) >= 11 is 1.59. The lowest BCUT2D eigenvalue weighted by Gasteiger charge is -2.32. The van der Waals surface area contributed by atoms with Crippen LogP contribution in [0.15, 0.2) is 11.6 Å². The van der Waals surface area contributed by atoms with E-state index in [1.807, 2.05) is 10.3 Å². The summed E-state index contributed by atoms with van der Waals surface area (Å²) in [7, 11) is 0. The lowest BCUT2D eigenvalue weighted by atomic mass is 10.0. The van der Waals surface area contributed by atoms with Gasteiger partial charge in [-0.3, -0.25) is 4.79 Å². The molecule has 20 heavy (non-hydrogen) atoms. The highest BCUT2D eigenvalue weighted by molar-refractivity contribution is 7.09. The summed E-state index contributed by atoms with van der Waals surface area (Å²) in [5.41, 5.74) is 0. The second-order valence-electron chi connectivity index (χ2n) is 5.47. The molecule has 2 fully saturated rings. The largest absolute Gasteiger partial charge is 0.367 e. The summed E-state index contributed by atoms with van der Waals surface area (Å²) in [5, 5.41) is 6.27. The SMILES string of the molecule is O=C(CCC1CCNC1)N1CCOC(c2nccs2)C1. The van der Waals surface area contributed by atoms with Crippen molar-refractivity contribution in [2.45, 2.75) is 25.4 Å². The van der Waals surface area contributed by atoms with Crippen molar-refractivity contribution < 1.29 is 9.53 Å². The van der Waals surface area contributed by atoms with E-state index in [-0.39, 0.29) is 12.0 Å². The fourth-order valence-electron chi connectivity index (χ4n) is 2.87. The molecule has 0 radical (unpaired) electrons. The molecule has 2 atom stereocenters. The number of hydrogen-bond donors (Lipinski definition) is 1. The average molecular weight is 295 g/mol. The van der Waals surface area contributed by atoms with Crippen LogP contribution in [0.4, 0.5) is 0 Å². The summed E-state index contributed by atoms with van der Waals surface area (Å²) in [5.74, 6) is 0.941. The first kappa shape index (κ1) is 14.0. The number of nitrogens with one attached hydrogen (secondary N) is 1. The van der Waals surface area contributed by atoms with Crippen LogP contribution in [0.3, 0.4) is 0 Å². The molecule has 0 spiro atoms. The fraction of sp³-hybridized carbons (Fsp3) is 0.714. The van der Waals surface area contributed by atoms with E-state index in [1.54, 1.807) is 17.5 Å². The molecule has 2 aliphatic heterocycles. The Morgan fingerprint density at radius 3 is 3.30 bits per heavy atom. The van der Waals surface area contributed by atoms with Crippen molar-refractivity contribution in [1.82, 2.24) is 15.2 Å². The van der Waals surface area contributed by atoms with Gasteiger partial charge in [0.15, 0.2) is 0 Å². The minimum atomic E-state index is -0.0409. The maximum atomic E-state index is 12.3. The first-order chi connectivity index (χ1) is 9.83. The minimum absolute atomic E-state index is 0.0409. The molecule has 6 heteroatoms. The lowest BCUT2D eigenvalue weighted by molar-refractivity contribution is -0.139. The molecule has 1 aromatic heterocycles. The van der Waals surface area contributed by atoms with Crippen LogP contribution in [0, 0.1) is 5.92 Å². The zero-order valence-corrected chi connectivity index (χ0v) is 12.4. The van der Waals surface area contributed by atoms with Gasteiger partial charge in [-0.2, -0.15) is 0 Å². The topological polar surface area (TPSA) is 54.5 Å². The van der Waals surface area contributed by atoms with Gasteiger partial charge >= 0.3 is 0 Å². The second kappa shape index (κ2) is 6.65. The van der Waals surface area contributed by atoms with Crippen LogP contribution in [0.2, 0.25) is 0 Å². The van der Waals surface area contributed by atoms with Crippen LogP contribution in [-0.2, 0) is 9.53 Å². The van der Waals surface area contributed by atoms with E-state index in [9.17, 15) is 4.79 Å². The van der Waals surface area contributed by atoms with Crippen LogP contribution in [0.5, 0.6) is 0 Å². The Hall–Kier alpha value is -0.980. The predicted molar refractivity (Wildman–Crippen MR) is 77.6 cm³/mol. The minimum Gasteiger partial charge on any atom is -0.367 e. The average Bonchev–Trinajstić information content (AvgIpc) is 3.18. The zero-order valence-electron chi connectivity index (χ0n) is 11.6. The Balaban J connectivity index is 1.49. The van der Waals surface area contributed by atoms with Gasteiger partial charge in [-0.1, -0.05) is 0 Å². The summed E-state index contributed by atoms with van der Waals surface area (Å²) < 4.78 is 5.72. The molecule has 110 valence electrons. The maximum absolute atomic E-state index is 12.3. The lowest BCUT2D eigenvalue weighted by Crippen LogP contribution is -2.42. The van der Waals surface area contributed by atoms with E-state index in [0.717, 1.165) is 24.5 Å². The predicted octanol–water partition coefficient (Wildman–Crippen LogP) is 1.43. The van der Waals surface area contributed by atoms with Gasteiger partial charge in [0, 0.05) is 24.5 Å². The van der Waals surface area contributed by atoms with Crippen molar-refractivity contribution in [2.75, 3.05) is 32.8 Å². The fourth-order valence-corrected chi connectivity index (χ4v) is 3.54. The number of carbonyl (C=O) groups excluding carboxylic acids is 1. The quantitative estimate of drug-likeness (QED) is 0.913. The molecular formula is C14H21N3O2S. The van der Waals surface area contributed by atoms with Gasteiger partial charge in [0.05, 0.1) is 13.2 Å². The van der Waals surface area contributed by atoms with Gasteiger partial charge in [0.25, 0.3) is 0 Å². The molecule has 1 aromatic rings. The molecular weight excluding hydrogens is 274 g/mol. The summed E-state index contributed by atoms with van der Waals surface area (Å²) in [4.78, 5) is 18.5. The molecule has 0 aromatic carbocycles. The van der Waals surface area contributed by atoms with E-state index >= 15 is 0 Å². The first-order valence-electron chi connectivity index (χ1n) is 7.32. The van der Waals surface area contributed by atoms with Gasteiger partial charge < -0.3 is 15.0 Å². The Labute approximate surface area is 123 Å². The van der Waals surface area contributed by atoms with Gasteiger partial charge in [0.2, 0.25) is 5.91 Å². The maximum Gasteiger partial charge on any atom is 0.222 e.